The Kier molecular flexibility index (Phi) is 3.73. The average Bonchev–Trinajstić information content (AvgIpc) is 2.54. The van der Waals surface area contributed by atoms with Crippen LogP contribution in [0.25, 0.3) is 0 Å². The first-order valence-electron chi connectivity index (χ1n) is 7.13. The first-order valence-corrected chi connectivity index (χ1v) is 7.13. The van der Waals surface area contributed by atoms with Crippen LogP contribution in [-0.4, -0.2) is 30.6 Å². The van der Waals surface area contributed by atoms with Crippen LogP contribution >= 0.6 is 0 Å². The SMILES string of the molecule is CCN1CCN(C(=O)Nc2ccccc2)c2cccnc21. The van der Waals surface area contributed by atoms with Crippen molar-refractivity contribution >= 4 is 23.2 Å². The van der Waals surface area contributed by atoms with Gasteiger partial charge >= 0.3 is 6.03 Å². The molecule has 1 N–H and O–H groups in total. The van der Waals surface area contributed by atoms with Crippen molar-refractivity contribution in [3.05, 3.63) is 48.7 Å². The third-order valence-corrected chi connectivity index (χ3v) is 3.60. The molecule has 0 atom stereocenters. The van der Waals surface area contributed by atoms with Gasteiger partial charge in [-0.25, -0.2) is 9.78 Å². The van der Waals surface area contributed by atoms with Crippen LogP contribution in [0.2, 0.25) is 0 Å². The number of carbonyl (C=O) groups excluding carboxylic acids is 1. The Labute approximate surface area is 124 Å². The van der Waals surface area contributed by atoms with Crippen molar-refractivity contribution in [2.45, 2.75) is 6.92 Å². The molecule has 1 aliphatic rings. The molecule has 0 aliphatic carbocycles. The normalized spacial score (nSPS) is 13.8. The van der Waals surface area contributed by atoms with Crippen molar-refractivity contribution in [3.63, 3.8) is 0 Å². The maximum absolute atomic E-state index is 12.5. The van der Waals surface area contributed by atoms with Gasteiger partial charge in [0.15, 0.2) is 5.82 Å². The van der Waals surface area contributed by atoms with Gasteiger partial charge in [-0.2, -0.15) is 0 Å². The van der Waals surface area contributed by atoms with Gasteiger partial charge in [0, 0.05) is 31.5 Å². The van der Waals surface area contributed by atoms with Crippen LogP contribution in [0.4, 0.5) is 22.0 Å². The molecule has 108 valence electrons. The molecule has 5 nitrogen and oxygen atoms in total. The van der Waals surface area contributed by atoms with E-state index in [1.807, 2.05) is 42.5 Å². The zero-order valence-electron chi connectivity index (χ0n) is 12.0. The Hall–Kier alpha value is -2.56. The summed E-state index contributed by atoms with van der Waals surface area (Å²) in [7, 11) is 0. The van der Waals surface area contributed by atoms with Gasteiger partial charge in [-0.3, -0.25) is 4.90 Å². The highest BCUT2D eigenvalue weighted by atomic mass is 16.2. The van der Waals surface area contributed by atoms with Crippen molar-refractivity contribution in [1.29, 1.82) is 0 Å². The van der Waals surface area contributed by atoms with Gasteiger partial charge in [0.2, 0.25) is 0 Å². The number of urea groups is 1. The number of hydrogen-bond donors (Lipinski definition) is 1. The number of aromatic nitrogens is 1. The second-order valence-electron chi connectivity index (χ2n) is 4.87. The van der Waals surface area contributed by atoms with Crippen LogP contribution in [0.15, 0.2) is 48.7 Å². The number of nitrogens with zero attached hydrogens (tertiary/aromatic N) is 3. The Morgan fingerprint density at radius 1 is 1.19 bits per heavy atom. The maximum Gasteiger partial charge on any atom is 0.326 e. The highest BCUT2D eigenvalue weighted by Gasteiger charge is 2.26. The second-order valence-corrected chi connectivity index (χ2v) is 4.87. The minimum absolute atomic E-state index is 0.119. The largest absolute Gasteiger partial charge is 0.353 e. The molecule has 2 amide bonds. The van der Waals surface area contributed by atoms with Crippen molar-refractivity contribution in [2.24, 2.45) is 0 Å². The van der Waals surface area contributed by atoms with Crippen LogP contribution in [0.5, 0.6) is 0 Å². The minimum atomic E-state index is -0.119. The van der Waals surface area contributed by atoms with Crippen LogP contribution in [-0.2, 0) is 0 Å². The molecule has 1 aliphatic heterocycles. The summed E-state index contributed by atoms with van der Waals surface area (Å²) in [6, 6.07) is 13.2. The Balaban J connectivity index is 1.84. The molecular weight excluding hydrogens is 264 g/mol. The first-order chi connectivity index (χ1) is 10.3. The maximum atomic E-state index is 12.5. The number of pyridine rings is 1. The number of benzene rings is 1. The van der Waals surface area contributed by atoms with E-state index in [0.29, 0.717) is 6.54 Å². The third-order valence-electron chi connectivity index (χ3n) is 3.60. The number of amides is 2. The topological polar surface area (TPSA) is 48.5 Å². The zero-order chi connectivity index (χ0) is 14.7. The van der Waals surface area contributed by atoms with Gasteiger partial charge in [0.1, 0.15) is 0 Å². The Morgan fingerprint density at radius 2 is 2.00 bits per heavy atom. The lowest BCUT2D eigenvalue weighted by molar-refractivity contribution is 0.256. The number of rotatable bonds is 2. The van der Waals surface area contributed by atoms with E-state index >= 15 is 0 Å². The van der Waals surface area contributed by atoms with Crippen molar-refractivity contribution < 1.29 is 4.79 Å². The summed E-state index contributed by atoms with van der Waals surface area (Å²) in [6.07, 6.45) is 1.76. The van der Waals surface area contributed by atoms with E-state index in [1.54, 1.807) is 11.1 Å². The van der Waals surface area contributed by atoms with Crippen molar-refractivity contribution in [2.75, 3.05) is 34.8 Å². The molecule has 0 saturated heterocycles. The molecule has 1 aromatic carbocycles. The number of anilines is 3. The lowest BCUT2D eigenvalue weighted by atomic mass is 10.2. The number of nitrogens with one attached hydrogen (secondary N) is 1. The van der Waals surface area contributed by atoms with E-state index < -0.39 is 0 Å². The zero-order valence-corrected chi connectivity index (χ0v) is 12.0. The van der Waals surface area contributed by atoms with E-state index in [0.717, 1.165) is 30.3 Å². The fourth-order valence-corrected chi connectivity index (χ4v) is 2.52. The van der Waals surface area contributed by atoms with Gasteiger partial charge in [0.25, 0.3) is 0 Å². The lowest BCUT2D eigenvalue weighted by Crippen LogP contribution is -2.46. The number of carbonyl (C=O) groups is 1. The lowest BCUT2D eigenvalue weighted by Gasteiger charge is -2.35. The van der Waals surface area contributed by atoms with Gasteiger partial charge in [-0.05, 0) is 31.2 Å². The quantitative estimate of drug-likeness (QED) is 0.921. The molecular formula is C16H18N4O. The molecule has 2 aromatic rings. The van der Waals surface area contributed by atoms with E-state index in [9.17, 15) is 4.79 Å². The molecule has 0 saturated carbocycles. The van der Waals surface area contributed by atoms with E-state index in [4.69, 9.17) is 0 Å². The summed E-state index contributed by atoms with van der Waals surface area (Å²) < 4.78 is 0. The van der Waals surface area contributed by atoms with E-state index in [-0.39, 0.29) is 6.03 Å². The molecule has 0 fully saturated rings. The van der Waals surface area contributed by atoms with Gasteiger partial charge in [-0.1, -0.05) is 18.2 Å². The molecule has 21 heavy (non-hydrogen) atoms. The number of likely N-dealkylation sites (N-methyl/N-ethyl adjacent to an activating group) is 1. The molecule has 3 rings (SSSR count). The second kappa shape index (κ2) is 5.83. The summed E-state index contributed by atoms with van der Waals surface area (Å²) in [6.45, 7) is 4.43. The summed E-state index contributed by atoms with van der Waals surface area (Å²) in [5, 5.41) is 2.93. The van der Waals surface area contributed by atoms with Crippen molar-refractivity contribution in [3.8, 4) is 0 Å². The Bertz CT molecular complexity index is 629. The molecule has 0 unspecified atom stereocenters. The minimum Gasteiger partial charge on any atom is -0.353 e. The molecule has 1 aromatic heterocycles. The molecule has 0 spiro atoms. The average molecular weight is 282 g/mol. The van der Waals surface area contributed by atoms with Gasteiger partial charge in [0.05, 0.1) is 5.69 Å². The predicted molar refractivity (Wildman–Crippen MR) is 84.9 cm³/mol. The van der Waals surface area contributed by atoms with E-state index in [1.165, 1.54) is 0 Å². The smallest absolute Gasteiger partial charge is 0.326 e. The van der Waals surface area contributed by atoms with Crippen LogP contribution < -0.4 is 15.1 Å². The van der Waals surface area contributed by atoms with Gasteiger partial charge < -0.3 is 10.2 Å². The van der Waals surface area contributed by atoms with Gasteiger partial charge in [-0.15, -0.1) is 0 Å². The summed E-state index contributed by atoms with van der Waals surface area (Å²) >= 11 is 0. The Morgan fingerprint density at radius 3 is 2.76 bits per heavy atom. The summed E-state index contributed by atoms with van der Waals surface area (Å²) in [5.74, 6) is 0.870. The van der Waals surface area contributed by atoms with Crippen LogP contribution in [0.3, 0.4) is 0 Å². The summed E-state index contributed by atoms with van der Waals surface area (Å²) in [4.78, 5) is 20.8. The monoisotopic (exact) mass is 282 g/mol. The fourth-order valence-electron chi connectivity index (χ4n) is 2.52. The molecule has 0 radical (unpaired) electrons. The highest BCUT2D eigenvalue weighted by Crippen LogP contribution is 2.30. The standard InChI is InChI=1S/C16H18N4O/c1-2-19-11-12-20(14-9-6-10-17-15(14)19)16(21)18-13-7-4-3-5-8-13/h3-10H,2,11-12H2,1H3,(H,18,21). The number of fused-ring (bicyclic) bond motifs is 1. The molecule has 2 heterocycles. The third kappa shape index (κ3) is 2.67. The molecule has 0 bridgehead atoms. The van der Waals surface area contributed by atoms with E-state index in [2.05, 4.69) is 22.1 Å². The predicted octanol–water partition coefficient (Wildman–Crippen LogP) is 2.96. The summed E-state index contributed by atoms with van der Waals surface area (Å²) in [5.41, 5.74) is 1.66. The van der Waals surface area contributed by atoms with Crippen molar-refractivity contribution in [1.82, 2.24) is 4.98 Å². The fraction of sp³-hybridized carbons (Fsp3) is 0.250. The highest BCUT2D eigenvalue weighted by molar-refractivity contribution is 6.04. The van der Waals surface area contributed by atoms with Crippen LogP contribution in [0, 0.1) is 0 Å². The number of para-hydroxylation sites is 1. The molecule has 5 heteroatoms. The number of hydrogen-bond acceptors (Lipinski definition) is 3. The van der Waals surface area contributed by atoms with Crippen LogP contribution in [0.1, 0.15) is 6.92 Å². The first kappa shape index (κ1) is 13.4.